The third-order valence-electron chi connectivity index (χ3n) is 2.76. The first-order valence-corrected chi connectivity index (χ1v) is 6.66. The van der Waals surface area contributed by atoms with Gasteiger partial charge in [-0.05, 0) is 18.1 Å². The number of nitrogens with two attached hydrogens (primary N) is 1. The number of hydrogen-bond donors (Lipinski definition) is 3. The van der Waals surface area contributed by atoms with Crippen LogP contribution in [0.2, 0.25) is 0 Å². The van der Waals surface area contributed by atoms with Crippen LogP contribution in [0.3, 0.4) is 0 Å². The maximum Gasteiger partial charge on any atom is 0.493 e. The number of hydrogen-bond acceptors (Lipinski definition) is 5. The molecule has 0 saturated carbocycles. The zero-order valence-electron chi connectivity index (χ0n) is 9.50. The fraction of sp³-hybridized carbons (Fsp3) is 0.455. The van der Waals surface area contributed by atoms with Crippen molar-refractivity contribution in [3.05, 3.63) is 23.8 Å². The van der Waals surface area contributed by atoms with E-state index in [0.29, 0.717) is 6.54 Å². The second-order valence-corrected chi connectivity index (χ2v) is 5.03. The first kappa shape index (κ1) is 12.9. The maximum absolute atomic E-state index is 9.88. The summed E-state index contributed by atoms with van der Waals surface area (Å²) in [6.45, 7) is 0.557. The van der Waals surface area contributed by atoms with Crippen LogP contribution in [0.25, 0.3) is 0 Å². The number of benzene rings is 1. The van der Waals surface area contributed by atoms with Crippen LogP contribution in [-0.2, 0) is 4.65 Å². The number of rotatable bonds is 5. The van der Waals surface area contributed by atoms with Crippen molar-refractivity contribution in [1.82, 2.24) is 0 Å². The molecule has 0 radical (unpaired) electrons. The zero-order chi connectivity index (χ0) is 12.3. The van der Waals surface area contributed by atoms with Crippen molar-refractivity contribution < 1.29 is 14.8 Å². The second kappa shape index (κ2) is 5.88. The Bertz CT molecular complexity index is 391. The highest BCUT2D eigenvalue weighted by Crippen LogP contribution is 2.28. The molecule has 1 atom stereocenters. The van der Waals surface area contributed by atoms with Crippen LogP contribution in [0, 0.1) is 0 Å². The van der Waals surface area contributed by atoms with E-state index in [2.05, 4.69) is 0 Å². The maximum atomic E-state index is 9.88. The van der Waals surface area contributed by atoms with Crippen molar-refractivity contribution >= 4 is 24.3 Å². The van der Waals surface area contributed by atoms with Crippen molar-refractivity contribution in [2.24, 2.45) is 5.73 Å². The molecular formula is C11H16BNO3S. The van der Waals surface area contributed by atoms with Gasteiger partial charge in [0.25, 0.3) is 0 Å². The minimum Gasteiger partial charge on any atom is -0.423 e. The van der Waals surface area contributed by atoms with E-state index in [1.165, 1.54) is 0 Å². The monoisotopic (exact) mass is 253 g/mol. The number of aliphatic hydroxyl groups excluding tert-OH is 1. The Balaban J connectivity index is 2.21. The average Bonchev–Trinajstić information content (AvgIpc) is 2.68. The van der Waals surface area contributed by atoms with Crippen molar-refractivity contribution in [3.63, 3.8) is 0 Å². The molecule has 6 heteroatoms. The molecule has 0 fully saturated rings. The lowest BCUT2D eigenvalue weighted by Gasteiger charge is -2.09. The summed E-state index contributed by atoms with van der Waals surface area (Å²) in [5.74, 6) is 0.826. The molecule has 4 nitrogen and oxygen atoms in total. The largest absolute Gasteiger partial charge is 0.493 e. The number of fused-ring (bicyclic) bond motifs is 1. The van der Waals surface area contributed by atoms with E-state index in [1.54, 1.807) is 11.8 Å². The Hall–Kier alpha value is -0.525. The van der Waals surface area contributed by atoms with Crippen molar-refractivity contribution in [1.29, 1.82) is 0 Å². The molecule has 1 aromatic carbocycles. The van der Waals surface area contributed by atoms with Crippen molar-refractivity contribution in [2.75, 3.05) is 18.9 Å². The lowest BCUT2D eigenvalue weighted by Crippen LogP contribution is -2.30. The van der Waals surface area contributed by atoms with E-state index in [1.807, 2.05) is 18.2 Å². The Kier molecular flexibility index (Phi) is 4.47. The molecule has 0 bridgehead atoms. The summed E-state index contributed by atoms with van der Waals surface area (Å²) in [6.07, 6.45) is 0.532. The van der Waals surface area contributed by atoms with Gasteiger partial charge < -0.3 is 20.5 Å². The van der Waals surface area contributed by atoms with Crippen molar-refractivity contribution in [3.8, 4) is 0 Å². The van der Waals surface area contributed by atoms with Crippen LogP contribution in [-0.4, -0.2) is 36.2 Å². The van der Waals surface area contributed by atoms with Gasteiger partial charge in [-0.25, -0.2) is 0 Å². The fourth-order valence-electron chi connectivity index (χ4n) is 1.96. The molecule has 4 N–H and O–H groups in total. The molecule has 0 aliphatic carbocycles. The van der Waals surface area contributed by atoms with E-state index in [9.17, 15) is 5.02 Å². The summed E-state index contributed by atoms with van der Waals surface area (Å²) in [6, 6.07) is 5.86. The first-order valence-electron chi connectivity index (χ1n) is 5.68. The third kappa shape index (κ3) is 2.66. The Labute approximate surface area is 105 Å². The molecule has 0 aromatic heterocycles. The van der Waals surface area contributed by atoms with E-state index < -0.39 is 7.12 Å². The summed E-state index contributed by atoms with van der Waals surface area (Å²) in [4.78, 5) is 1.01. The first-order chi connectivity index (χ1) is 8.27. The number of thioether (sulfide) groups is 1. The quantitative estimate of drug-likeness (QED) is 0.387. The molecular weight excluding hydrogens is 237 g/mol. The topological polar surface area (TPSA) is 75.7 Å². The third-order valence-corrected chi connectivity index (χ3v) is 3.92. The molecule has 0 spiro atoms. The van der Waals surface area contributed by atoms with Gasteiger partial charge in [-0.2, -0.15) is 0 Å². The minimum atomic E-state index is -0.878. The van der Waals surface area contributed by atoms with Gasteiger partial charge >= 0.3 is 7.12 Å². The predicted molar refractivity (Wildman–Crippen MR) is 69.4 cm³/mol. The smallest absolute Gasteiger partial charge is 0.423 e. The summed E-state index contributed by atoms with van der Waals surface area (Å²) < 4.78 is 5.40. The minimum absolute atomic E-state index is 0.187. The second-order valence-electron chi connectivity index (χ2n) is 3.90. The summed E-state index contributed by atoms with van der Waals surface area (Å²) in [5, 5.41) is 18.6. The van der Waals surface area contributed by atoms with Gasteiger partial charge in [-0.15, -0.1) is 11.8 Å². The molecule has 0 amide bonds. The molecule has 1 unspecified atom stereocenters. The van der Waals surface area contributed by atoms with Crippen LogP contribution >= 0.6 is 11.8 Å². The van der Waals surface area contributed by atoms with Gasteiger partial charge in [0.05, 0.1) is 6.10 Å². The summed E-state index contributed by atoms with van der Waals surface area (Å²) >= 11 is 1.63. The van der Waals surface area contributed by atoms with E-state index in [-0.39, 0.29) is 12.7 Å². The Morgan fingerprint density at radius 1 is 1.47 bits per heavy atom. The summed E-state index contributed by atoms with van der Waals surface area (Å²) in [7, 11) is -0.878. The van der Waals surface area contributed by atoms with Gasteiger partial charge in [0, 0.05) is 29.3 Å². The van der Waals surface area contributed by atoms with Gasteiger partial charge in [0.2, 0.25) is 0 Å². The highest BCUT2D eigenvalue weighted by molar-refractivity contribution is 7.99. The molecule has 1 aromatic rings. The van der Waals surface area contributed by atoms with Crippen LogP contribution in [0.5, 0.6) is 0 Å². The normalized spacial score (nSPS) is 18.5. The van der Waals surface area contributed by atoms with Crippen LogP contribution in [0.1, 0.15) is 18.1 Å². The lowest BCUT2D eigenvalue weighted by molar-refractivity contribution is 0.198. The molecule has 1 aliphatic rings. The SMILES string of the molecule is NCC1OB(O)c2c(SCCCO)cccc21. The standard InChI is InChI=1S/C11H16BNO3S/c13-7-9-8-3-1-4-10(17-6-2-5-14)11(8)12(15)16-9/h1,3-4,9,14-15H,2,5-7,13H2. The zero-order valence-corrected chi connectivity index (χ0v) is 10.3. The summed E-state index contributed by atoms with van der Waals surface area (Å²) in [5.41, 5.74) is 7.43. The Morgan fingerprint density at radius 3 is 3.00 bits per heavy atom. The highest BCUT2D eigenvalue weighted by Gasteiger charge is 2.36. The van der Waals surface area contributed by atoms with Crippen LogP contribution < -0.4 is 11.2 Å². The molecule has 2 rings (SSSR count). The van der Waals surface area contributed by atoms with Gasteiger partial charge in [-0.1, -0.05) is 12.1 Å². The van der Waals surface area contributed by atoms with Gasteiger partial charge in [0.15, 0.2) is 0 Å². The van der Waals surface area contributed by atoms with Crippen LogP contribution in [0.4, 0.5) is 0 Å². The predicted octanol–water partition coefficient (Wildman–Crippen LogP) is -0.121. The van der Waals surface area contributed by atoms with Gasteiger partial charge in [0.1, 0.15) is 0 Å². The molecule has 0 saturated heterocycles. The molecule has 17 heavy (non-hydrogen) atoms. The van der Waals surface area contributed by atoms with E-state index >= 15 is 0 Å². The van der Waals surface area contributed by atoms with E-state index in [0.717, 1.165) is 28.1 Å². The molecule has 92 valence electrons. The van der Waals surface area contributed by atoms with Crippen LogP contribution in [0.15, 0.2) is 23.1 Å². The fourth-order valence-corrected chi connectivity index (χ4v) is 3.00. The average molecular weight is 253 g/mol. The number of aliphatic hydroxyl groups is 1. The molecule has 1 heterocycles. The Morgan fingerprint density at radius 2 is 2.29 bits per heavy atom. The molecule has 1 aliphatic heterocycles. The lowest BCUT2D eigenvalue weighted by atomic mass is 9.79. The van der Waals surface area contributed by atoms with Gasteiger partial charge in [-0.3, -0.25) is 0 Å². The van der Waals surface area contributed by atoms with Crippen molar-refractivity contribution in [2.45, 2.75) is 17.4 Å². The highest BCUT2D eigenvalue weighted by atomic mass is 32.2. The van der Waals surface area contributed by atoms with E-state index in [4.69, 9.17) is 15.5 Å².